The van der Waals surface area contributed by atoms with Crippen LogP contribution in [0.4, 0.5) is 5.00 Å². The van der Waals surface area contributed by atoms with Crippen LogP contribution in [0.25, 0.3) is 11.1 Å². The highest BCUT2D eigenvalue weighted by molar-refractivity contribution is 7.15. The summed E-state index contributed by atoms with van der Waals surface area (Å²) in [5, 5.41) is 2.43. The Kier molecular flexibility index (Phi) is 4.60. The number of thiophene rings is 1. The van der Waals surface area contributed by atoms with Crippen LogP contribution >= 0.6 is 11.3 Å². The Morgan fingerprint density at radius 1 is 1.35 bits per heavy atom. The number of nitrogens with two attached hydrogens (primary N) is 1. The molecule has 0 aliphatic heterocycles. The average Bonchev–Trinajstić information content (AvgIpc) is 2.91. The number of ether oxygens (including phenoxy) is 2. The zero-order valence-corrected chi connectivity index (χ0v) is 12.1. The van der Waals surface area contributed by atoms with Crippen molar-refractivity contribution in [1.82, 2.24) is 0 Å². The number of methoxy groups -OCH3 is 1. The molecular formula is C14H16N2O3S. The third-order valence-corrected chi connectivity index (χ3v) is 3.71. The summed E-state index contributed by atoms with van der Waals surface area (Å²) >= 11 is 1.35. The highest BCUT2D eigenvalue weighted by atomic mass is 32.1. The number of nitrogen functional groups attached to an aromatic ring is 1. The molecule has 0 saturated carbocycles. The molecule has 106 valence electrons. The van der Waals surface area contributed by atoms with Crippen molar-refractivity contribution >= 4 is 22.3 Å². The van der Waals surface area contributed by atoms with E-state index in [1.807, 2.05) is 29.6 Å². The molecule has 0 amide bonds. The topological polar surface area (TPSA) is 73.6 Å². The van der Waals surface area contributed by atoms with Gasteiger partial charge in [-0.1, -0.05) is 18.2 Å². The highest BCUT2D eigenvalue weighted by Crippen LogP contribution is 2.39. The van der Waals surface area contributed by atoms with Gasteiger partial charge in [0.1, 0.15) is 16.3 Å². The first-order chi connectivity index (χ1) is 9.72. The first-order valence-electron chi connectivity index (χ1n) is 6.11. The SMILES string of the molecule is CCOC(=O)c1c(-c2ccccc2OC)csc1NN. The fraction of sp³-hybridized carbons (Fsp3) is 0.214. The van der Waals surface area contributed by atoms with Crippen LogP contribution in [0.15, 0.2) is 29.6 Å². The van der Waals surface area contributed by atoms with Crippen molar-refractivity contribution in [2.24, 2.45) is 5.84 Å². The Hall–Kier alpha value is -2.05. The zero-order chi connectivity index (χ0) is 14.5. The predicted molar refractivity (Wildman–Crippen MR) is 80.1 cm³/mol. The second-order valence-electron chi connectivity index (χ2n) is 3.92. The van der Waals surface area contributed by atoms with Crippen molar-refractivity contribution in [2.45, 2.75) is 6.92 Å². The number of hydrogen-bond acceptors (Lipinski definition) is 6. The second-order valence-corrected chi connectivity index (χ2v) is 4.80. The minimum absolute atomic E-state index is 0.310. The Balaban J connectivity index is 2.57. The standard InChI is InChI=1S/C14H16N2O3S/c1-3-19-14(17)12-10(8-20-13(12)16-15)9-6-4-5-7-11(9)18-2/h4-8,16H,3,15H2,1-2H3. The van der Waals surface area contributed by atoms with Crippen molar-refractivity contribution < 1.29 is 14.3 Å². The first-order valence-corrected chi connectivity index (χ1v) is 6.99. The molecule has 2 rings (SSSR count). The number of benzene rings is 1. The molecule has 0 aliphatic rings. The van der Waals surface area contributed by atoms with Gasteiger partial charge in [-0.05, 0) is 13.0 Å². The fourth-order valence-electron chi connectivity index (χ4n) is 1.94. The van der Waals surface area contributed by atoms with Crippen LogP contribution in [0.2, 0.25) is 0 Å². The summed E-state index contributed by atoms with van der Waals surface area (Å²) in [5.74, 6) is 5.76. The molecule has 20 heavy (non-hydrogen) atoms. The Morgan fingerprint density at radius 2 is 2.10 bits per heavy atom. The minimum atomic E-state index is -0.400. The monoisotopic (exact) mass is 292 g/mol. The minimum Gasteiger partial charge on any atom is -0.496 e. The molecular weight excluding hydrogens is 276 g/mol. The number of nitrogens with one attached hydrogen (secondary N) is 1. The van der Waals surface area contributed by atoms with Gasteiger partial charge in [0, 0.05) is 16.5 Å². The number of anilines is 1. The van der Waals surface area contributed by atoms with E-state index in [4.69, 9.17) is 15.3 Å². The van der Waals surface area contributed by atoms with Gasteiger partial charge in [-0.15, -0.1) is 11.3 Å². The third-order valence-electron chi connectivity index (χ3n) is 2.80. The first kappa shape index (κ1) is 14.4. The molecule has 2 aromatic rings. The maximum Gasteiger partial charge on any atom is 0.341 e. The van der Waals surface area contributed by atoms with Crippen LogP contribution < -0.4 is 16.0 Å². The Morgan fingerprint density at radius 3 is 2.75 bits per heavy atom. The Labute approximate surface area is 121 Å². The van der Waals surface area contributed by atoms with E-state index in [1.54, 1.807) is 14.0 Å². The van der Waals surface area contributed by atoms with Crippen molar-refractivity contribution in [2.75, 3.05) is 19.1 Å². The molecule has 6 heteroatoms. The van der Waals surface area contributed by atoms with Crippen LogP contribution in [-0.2, 0) is 4.74 Å². The summed E-state index contributed by atoms with van der Waals surface area (Å²) in [4.78, 5) is 12.1. The van der Waals surface area contributed by atoms with Gasteiger partial charge in [-0.2, -0.15) is 0 Å². The van der Waals surface area contributed by atoms with E-state index < -0.39 is 5.97 Å². The van der Waals surface area contributed by atoms with Crippen LogP contribution in [-0.4, -0.2) is 19.7 Å². The van der Waals surface area contributed by atoms with E-state index in [0.717, 1.165) is 11.1 Å². The molecule has 0 spiro atoms. The molecule has 0 saturated heterocycles. The molecule has 1 aromatic heterocycles. The molecule has 0 bridgehead atoms. The average molecular weight is 292 g/mol. The van der Waals surface area contributed by atoms with Crippen molar-refractivity contribution in [3.63, 3.8) is 0 Å². The summed E-state index contributed by atoms with van der Waals surface area (Å²) < 4.78 is 10.4. The molecule has 5 nitrogen and oxygen atoms in total. The summed E-state index contributed by atoms with van der Waals surface area (Å²) in [6.07, 6.45) is 0. The van der Waals surface area contributed by atoms with Gasteiger partial charge in [0.2, 0.25) is 0 Å². The van der Waals surface area contributed by atoms with E-state index >= 15 is 0 Å². The number of hydrazine groups is 1. The summed E-state index contributed by atoms with van der Waals surface area (Å²) in [6, 6.07) is 7.50. The van der Waals surface area contributed by atoms with Gasteiger partial charge in [0.25, 0.3) is 0 Å². The molecule has 0 atom stereocenters. The number of para-hydroxylation sites is 1. The molecule has 0 fully saturated rings. The summed E-state index contributed by atoms with van der Waals surface area (Å²) in [7, 11) is 1.59. The molecule has 0 unspecified atom stereocenters. The van der Waals surface area contributed by atoms with Gasteiger partial charge in [0.15, 0.2) is 0 Å². The smallest absolute Gasteiger partial charge is 0.341 e. The van der Waals surface area contributed by atoms with Crippen molar-refractivity contribution in [3.05, 3.63) is 35.2 Å². The van der Waals surface area contributed by atoms with Gasteiger partial charge >= 0.3 is 5.97 Å². The van der Waals surface area contributed by atoms with Crippen LogP contribution in [0.5, 0.6) is 5.75 Å². The number of esters is 1. The van der Waals surface area contributed by atoms with Gasteiger partial charge < -0.3 is 14.9 Å². The van der Waals surface area contributed by atoms with Crippen LogP contribution in [0.1, 0.15) is 17.3 Å². The van der Waals surface area contributed by atoms with E-state index in [1.165, 1.54) is 11.3 Å². The number of hydrogen-bond donors (Lipinski definition) is 2. The lowest BCUT2D eigenvalue weighted by atomic mass is 10.0. The second kappa shape index (κ2) is 6.40. The molecule has 3 N–H and O–H groups in total. The van der Waals surface area contributed by atoms with Crippen molar-refractivity contribution in [1.29, 1.82) is 0 Å². The lowest BCUT2D eigenvalue weighted by molar-refractivity contribution is 0.0529. The van der Waals surface area contributed by atoms with Crippen molar-refractivity contribution in [3.8, 4) is 16.9 Å². The molecule has 0 aliphatic carbocycles. The van der Waals surface area contributed by atoms with E-state index in [-0.39, 0.29) is 0 Å². The fourth-order valence-corrected chi connectivity index (χ4v) is 2.80. The van der Waals surface area contributed by atoms with Gasteiger partial charge in [-0.3, -0.25) is 0 Å². The number of carbonyl (C=O) groups excluding carboxylic acids is 1. The maximum absolute atomic E-state index is 12.1. The third kappa shape index (κ3) is 2.61. The number of rotatable bonds is 5. The Bertz CT molecular complexity index is 610. The van der Waals surface area contributed by atoms with E-state index in [0.29, 0.717) is 22.9 Å². The van der Waals surface area contributed by atoms with E-state index in [9.17, 15) is 4.79 Å². The van der Waals surface area contributed by atoms with E-state index in [2.05, 4.69) is 5.43 Å². The summed E-state index contributed by atoms with van der Waals surface area (Å²) in [5.41, 5.74) is 4.55. The lowest BCUT2D eigenvalue weighted by Crippen LogP contribution is -2.12. The molecule has 1 aromatic carbocycles. The lowest BCUT2D eigenvalue weighted by Gasteiger charge is -2.10. The predicted octanol–water partition coefficient (Wildman–Crippen LogP) is 2.89. The van der Waals surface area contributed by atoms with Crippen LogP contribution in [0, 0.1) is 0 Å². The summed E-state index contributed by atoms with van der Waals surface area (Å²) in [6.45, 7) is 2.08. The largest absolute Gasteiger partial charge is 0.496 e. The zero-order valence-electron chi connectivity index (χ0n) is 11.3. The maximum atomic E-state index is 12.1. The van der Waals surface area contributed by atoms with Gasteiger partial charge in [0.05, 0.1) is 13.7 Å². The highest BCUT2D eigenvalue weighted by Gasteiger charge is 2.22. The van der Waals surface area contributed by atoms with Gasteiger partial charge in [-0.25, -0.2) is 10.6 Å². The molecule has 0 radical (unpaired) electrons. The van der Waals surface area contributed by atoms with Crippen LogP contribution in [0.3, 0.4) is 0 Å². The quantitative estimate of drug-likeness (QED) is 0.503. The number of carbonyl (C=O) groups is 1. The molecule has 1 heterocycles. The normalized spacial score (nSPS) is 10.2.